The highest BCUT2D eigenvalue weighted by Gasteiger charge is 2.36. The average molecular weight is 678 g/mol. The predicted octanol–water partition coefficient (Wildman–Crippen LogP) is 6.11. The lowest BCUT2D eigenvalue weighted by Crippen LogP contribution is -2.54. The smallest absolute Gasteiger partial charge is 0.264 e. The minimum Gasteiger partial charge on any atom is -0.497 e. The van der Waals surface area contributed by atoms with E-state index in [9.17, 15) is 18.0 Å². The molecule has 4 rings (SSSR count). The molecule has 0 unspecified atom stereocenters. The molecule has 9 nitrogen and oxygen atoms in total. The Kier molecular flexibility index (Phi) is 12.3. The number of halogens is 1. The second-order valence-electron chi connectivity index (χ2n) is 11.0. The van der Waals surface area contributed by atoms with E-state index in [2.05, 4.69) is 5.32 Å². The van der Waals surface area contributed by atoms with Crippen LogP contribution in [-0.4, -0.2) is 58.0 Å². The number of amides is 2. The molecule has 0 saturated carbocycles. The Bertz CT molecular complexity index is 1760. The van der Waals surface area contributed by atoms with Crippen molar-refractivity contribution in [2.75, 3.05) is 25.1 Å². The predicted molar refractivity (Wildman–Crippen MR) is 184 cm³/mol. The van der Waals surface area contributed by atoms with Crippen LogP contribution < -0.4 is 19.1 Å². The lowest BCUT2D eigenvalue weighted by Gasteiger charge is -2.34. The molecule has 11 heteroatoms. The molecule has 0 spiro atoms. The molecule has 0 aromatic heterocycles. The molecule has 0 fully saturated rings. The van der Waals surface area contributed by atoms with Crippen LogP contribution in [0.25, 0.3) is 0 Å². The van der Waals surface area contributed by atoms with Crippen molar-refractivity contribution < 1.29 is 27.5 Å². The number of anilines is 1. The topological polar surface area (TPSA) is 105 Å². The van der Waals surface area contributed by atoms with E-state index in [1.165, 1.54) is 30.2 Å². The molecule has 0 aliphatic heterocycles. The van der Waals surface area contributed by atoms with Gasteiger partial charge in [-0.3, -0.25) is 13.9 Å². The van der Waals surface area contributed by atoms with Gasteiger partial charge in [0.05, 0.1) is 24.8 Å². The van der Waals surface area contributed by atoms with Gasteiger partial charge < -0.3 is 19.7 Å². The van der Waals surface area contributed by atoms with Crippen molar-refractivity contribution in [1.29, 1.82) is 0 Å². The number of hydrogen-bond acceptors (Lipinski definition) is 6. The second kappa shape index (κ2) is 16.3. The Labute approximate surface area is 282 Å². The summed E-state index contributed by atoms with van der Waals surface area (Å²) in [5.41, 5.74) is 1.62. The van der Waals surface area contributed by atoms with E-state index in [1.54, 1.807) is 55.6 Å². The summed E-state index contributed by atoms with van der Waals surface area (Å²) in [4.78, 5) is 30.1. The third-order valence-corrected chi connectivity index (χ3v) is 9.79. The van der Waals surface area contributed by atoms with E-state index in [0.29, 0.717) is 17.7 Å². The third kappa shape index (κ3) is 9.05. The molecule has 47 heavy (non-hydrogen) atoms. The van der Waals surface area contributed by atoms with Crippen LogP contribution in [0.5, 0.6) is 11.5 Å². The van der Waals surface area contributed by atoms with E-state index in [4.69, 9.17) is 21.1 Å². The maximum atomic E-state index is 14.7. The third-order valence-electron chi connectivity index (χ3n) is 7.78. The summed E-state index contributed by atoms with van der Waals surface area (Å²) in [6.45, 7) is 3.22. The van der Waals surface area contributed by atoms with Gasteiger partial charge in [-0.2, -0.15) is 0 Å². The molecule has 0 bridgehead atoms. The fourth-order valence-corrected chi connectivity index (χ4v) is 6.66. The molecule has 4 aromatic carbocycles. The number of methoxy groups -OCH3 is 2. The molecule has 2 amide bonds. The molecule has 2 atom stereocenters. The van der Waals surface area contributed by atoms with Crippen LogP contribution in [0.1, 0.15) is 31.4 Å². The first-order valence-corrected chi connectivity index (χ1v) is 17.1. The molecule has 248 valence electrons. The Morgan fingerprint density at radius 3 is 2.15 bits per heavy atom. The van der Waals surface area contributed by atoms with Crippen LogP contribution in [0.3, 0.4) is 0 Å². The SMILES string of the molecule is CC[C@H](C)NC(=O)[C@@H](Cc1ccccc1)N(Cc1cccc(OC)c1)C(=O)CN(c1cc(Cl)ccc1OC)S(=O)(=O)c1ccccc1. The normalized spacial score (nSPS) is 12.4. The van der Waals surface area contributed by atoms with Gasteiger partial charge in [-0.1, -0.05) is 79.2 Å². The summed E-state index contributed by atoms with van der Waals surface area (Å²) in [7, 11) is -1.36. The Morgan fingerprint density at radius 2 is 1.51 bits per heavy atom. The Balaban J connectivity index is 1.86. The number of carbonyl (C=O) groups is 2. The summed E-state index contributed by atoms with van der Waals surface area (Å²) in [5, 5.41) is 3.29. The molecular weight excluding hydrogens is 638 g/mol. The Morgan fingerprint density at radius 1 is 0.851 bits per heavy atom. The molecular formula is C36H40ClN3O6S. The zero-order valence-corrected chi connectivity index (χ0v) is 28.5. The van der Waals surface area contributed by atoms with Gasteiger partial charge >= 0.3 is 0 Å². The fraction of sp³-hybridized carbons (Fsp3) is 0.278. The van der Waals surface area contributed by atoms with Crippen molar-refractivity contribution >= 4 is 39.1 Å². The van der Waals surface area contributed by atoms with E-state index >= 15 is 0 Å². The van der Waals surface area contributed by atoms with Crippen molar-refractivity contribution in [3.05, 3.63) is 119 Å². The second-order valence-corrected chi connectivity index (χ2v) is 13.3. The minimum absolute atomic E-state index is 0.00731. The lowest BCUT2D eigenvalue weighted by molar-refractivity contribution is -0.140. The first kappa shape index (κ1) is 35.3. The van der Waals surface area contributed by atoms with E-state index in [0.717, 1.165) is 9.87 Å². The van der Waals surface area contributed by atoms with Gasteiger partial charge in [0.25, 0.3) is 10.0 Å². The number of carbonyl (C=O) groups excluding carboxylic acids is 2. The zero-order valence-electron chi connectivity index (χ0n) is 26.9. The van der Waals surface area contributed by atoms with Crippen molar-refractivity contribution in [3.63, 3.8) is 0 Å². The fourth-order valence-electron chi connectivity index (χ4n) is 5.05. The molecule has 0 aliphatic rings. The van der Waals surface area contributed by atoms with Gasteiger partial charge in [-0.05, 0) is 66.9 Å². The van der Waals surface area contributed by atoms with Crippen LogP contribution in [0.4, 0.5) is 5.69 Å². The van der Waals surface area contributed by atoms with Gasteiger partial charge in [-0.15, -0.1) is 0 Å². The quantitative estimate of drug-likeness (QED) is 0.163. The number of nitrogens with one attached hydrogen (secondary N) is 1. The van der Waals surface area contributed by atoms with Crippen LogP contribution in [0.15, 0.2) is 108 Å². The van der Waals surface area contributed by atoms with Crippen molar-refractivity contribution in [2.45, 2.75) is 50.2 Å². The first-order chi connectivity index (χ1) is 22.6. The maximum absolute atomic E-state index is 14.7. The molecule has 4 aromatic rings. The number of sulfonamides is 1. The molecule has 1 N–H and O–H groups in total. The van der Waals surface area contributed by atoms with Gasteiger partial charge in [0, 0.05) is 24.0 Å². The van der Waals surface area contributed by atoms with Crippen LogP contribution in [0.2, 0.25) is 5.02 Å². The maximum Gasteiger partial charge on any atom is 0.264 e. The number of rotatable bonds is 15. The van der Waals surface area contributed by atoms with Gasteiger partial charge in [-0.25, -0.2) is 8.42 Å². The van der Waals surface area contributed by atoms with Crippen molar-refractivity contribution in [2.24, 2.45) is 0 Å². The van der Waals surface area contributed by atoms with Crippen LogP contribution in [0, 0.1) is 0 Å². The summed E-state index contributed by atoms with van der Waals surface area (Å²) in [6, 6.07) is 27.8. The van der Waals surface area contributed by atoms with Gasteiger partial charge in [0.2, 0.25) is 11.8 Å². The molecule has 0 radical (unpaired) electrons. The first-order valence-electron chi connectivity index (χ1n) is 15.2. The minimum atomic E-state index is -4.32. The van der Waals surface area contributed by atoms with E-state index in [1.807, 2.05) is 50.2 Å². The van der Waals surface area contributed by atoms with Crippen LogP contribution >= 0.6 is 11.6 Å². The summed E-state index contributed by atoms with van der Waals surface area (Å²) >= 11 is 6.36. The molecule has 0 aliphatic carbocycles. The van der Waals surface area contributed by atoms with E-state index in [-0.39, 0.29) is 46.3 Å². The zero-order chi connectivity index (χ0) is 34.0. The summed E-state index contributed by atoms with van der Waals surface area (Å²) < 4.78 is 40.4. The highest BCUT2D eigenvalue weighted by Crippen LogP contribution is 2.35. The largest absolute Gasteiger partial charge is 0.497 e. The number of nitrogens with zero attached hydrogens (tertiary/aromatic N) is 2. The van der Waals surface area contributed by atoms with Gasteiger partial charge in [0.1, 0.15) is 24.1 Å². The van der Waals surface area contributed by atoms with Crippen LogP contribution in [-0.2, 0) is 32.6 Å². The highest BCUT2D eigenvalue weighted by molar-refractivity contribution is 7.92. The molecule has 0 saturated heterocycles. The monoisotopic (exact) mass is 677 g/mol. The van der Waals surface area contributed by atoms with Crippen molar-refractivity contribution in [3.8, 4) is 11.5 Å². The lowest BCUT2D eigenvalue weighted by atomic mass is 10.0. The summed E-state index contributed by atoms with van der Waals surface area (Å²) in [5.74, 6) is -0.168. The van der Waals surface area contributed by atoms with Gasteiger partial charge in [0.15, 0.2) is 0 Å². The number of benzene rings is 4. The van der Waals surface area contributed by atoms with Crippen molar-refractivity contribution in [1.82, 2.24) is 10.2 Å². The molecule has 0 heterocycles. The number of ether oxygens (including phenoxy) is 2. The number of hydrogen-bond donors (Lipinski definition) is 1. The standard InChI is InChI=1S/C36H40ClN3O6S/c1-5-26(2)38-36(42)33(22-27-13-8-6-9-14-27)39(24-28-15-12-16-30(21-28)45-3)35(41)25-40(32-23-29(37)19-20-34(32)46-4)47(43,44)31-17-10-7-11-18-31/h6-21,23,26,33H,5,22,24-25H2,1-4H3,(H,38,42)/t26-,33+/m0/s1. The highest BCUT2D eigenvalue weighted by atomic mass is 35.5. The Hall–Kier alpha value is -4.54. The average Bonchev–Trinajstić information content (AvgIpc) is 3.09. The summed E-state index contributed by atoms with van der Waals surface area (Å²) in [6.07, 6.45) is 0.885. The van der Waals surface area contributed by atoms with E-state index < -0.39 is 28.5 Å².